The molecule has 0 heterocycles. The second-order valence-electron chi connectivity index (χ2n) is 3.38. The summed E-state index contributed by atoms with van der Waals surface area (Å²) in [7, 11) is 1.41. The molecule has 0 aromatic heterocycles. The molecule has 1 rings (SSSR count). The van der Waals surface area contributed by atoms with Crippen LogP contribution in [0.1, 0.15) is 18.9 Å². The fourth-order valence-electron chi connectivity index (χ4n) is 1.21. The molecule has 0 saturated carbocycles. The number of carbonyl (C=O) groups excluding carboxylic acids is 1. The molecule has 0 fully saturated rings. The van der Waals surface area contributed by atoms with Gasteiger partial charge in [0.15, 0.2) is 11.6 Å². The summed E-state index contributed by atoms with van der Waals surface area (Å²) in [6.07, 6.45) is 0.535. The molecule has 0 aliphatic rings. The van der Waals surface area contributed by atoms with Crippen LogP contribution in [-0.4, -0.2) is 19.6 Å². The van der Waals surface area contributed by atoms with Crippen molar-refractivity contribution in [2.45, 2.75) is 13.3 Å². The quantitative estimate of drug-likeness (QED) is 0.640. The summed E-state index contributed by atoms with van der Waals surface area (Å²) in [6, 6.07) is 4.55. The van der Waals surface area contributed by atoms with Crippen molar-refractivity contribution in [1.29, 1.82) is 0 Å². The van der Waals surface area contributed by atoms with E-state index < -0.39 is 5.82 Å². The first-order valence-corrected chi connectivity index (χ1v) is 5.20. The van der Waals surface area contributed by atoms with Crippen molar-refractivity contribution >= 4 is 5.91 Å². The zero-order valence-electron chi connectivity index (χ0n) is 9.84. The summed E-state index contributed by atoms with van der Waals surface area (Å²) in [5.41, 5.74) is 0.589. The molecule has 4 heteroatoms. The van der Waals surface area contributed by atoms with E-state index in [0.29, 0.717) is 18.5 Å². The molecule has 1 N–H and O–H groups in total. The average Bonchev–Trinajstić information content (AvgIpc) is 2.28. The zero-order valence-corrected chi connectivity index (χ0v) is 9.84. The Balaban J connectivity index is 2.54. The third kappa shape index (κ3) is 4.56. The van der Waals surface area contributed by atoms with Crippen LogP contribution in [0.5, 0.6) is 5.75 Å². The Kier molecular flexibility index (Phi) is 5.02. The van der Waals surface area contributed by atoms with Gasteiger partial charge in [0, 0.05) is 25.5 Å². The van der Waals surface area contributed by atoms with Crippen LogP contribution in [0.4, 0.5) is 4.39 Å². The van der Waals surface area contributed by atoms with Gasteiger partial charge in [-0.25, -0.2) is 4.39 Å². The van der Waals surface area contributed by atoms with E-state index in [1.165, 1.54) is 26.2 Å². The third-order valence-electron chi connectivity index (χ3n) is 2.01. The van der Waals surface area contributed by atoms with Crippen molar-refractivity contribution in [2.75, 3.05) is 13.7 Å². The number of benzene rings is 1. The highest BCUT2D eigenvalue weighted by molar-refractivity contribution is 5.72. The molecule has 1 aromatic carbocycles. The molecule has 0 atom stereocenters. The molecule has 0 radical (unpaired) electrons. The minimum Gasteiger partial charge on any atom is -0.494 e. The maximum Gasteiger partial charge on any atom is 0.216 e. The van der Waals surface area contributed by atoms with Crippen LogP contribution >= 0.6 is 0 Å². The van der Waals surface area contributed by atoms with Gasteiger partial charge in [0.1, 0.15) is 0 Å². The van der Waals surface area contributed by atoms with Gasteiger partial charge in [0.05, 0.1) is 7.11 Å². The SMILES string of the molecule is COc1ccc(C#CCCNC(C)=O)cc1F. The highest BCUT2D eigenvalue weighted by Gasteiger charge is 2.00. The van der Waals surface area contributed by atoms with Gasteiger partial charge < -0.3 is 10.1 Å². The number of nitrogens with one attached hydrogen (secondary N) is 1. The smallest absolute Gasteiger partial charge is 0.216 e. The topological polar surface area (TPSA) is 38.3 Å². The minimum absolute atomic E-state index is 0.0812. The van der Waals surface area contributed by atoms with E-state index in [-0.39, 0.29) is 11.7 Å². The number of methoxy groups -OCH3 is 1. The molecule has 1 amide bonds. The molecule has 17 heavy (non-hydrogen) atoms. The summed E-state index contributed by atoms with van der Waals surface area (Å²) in [4.78, 5) is 10.6. The number of hydrogen-bond acceptors (Lipinski definition) is 2. The van der Waals surface area contributed by atoms with Crippen LogP contribution in [0.25, 0.3) is 0 Å². The predicted molar refractivity (Wildman–Crippen MR) is 63.1 cm³/mol. The van der Waals surface area contributed by atoms with Gasteiger partial charge in [-0.05, 0) is 18.2 Å². The van der Waals surface area contributed by atoms with Crippen molar-refractivity contribution in [2.24, 2.45) is 0 Å². The summed E-state index contributed by atoms with van der Waals surface area (Å²) >= 11 is 0. The Hall–Kier alpha value is -2.02. The van der Waals surface area contributed by atoms with Crippen LogP contribution in [0.3, 0.4) is 0 Å². The summed E-state index contributed by atoms with van der Waals surface area (Å²) < 4.78 is 18.1. The molecule has 0 spiro atoms. The highest BCUT2D eigenvalue weighted by atomic mass is 19.1. The second kappa shape index (κ2) is 6.54. The van der Waals surface area contributed by atoms with Gasteiger partial charge in [0.2, 0.25) is 5.91 Å². The van der Waals surface area contributed by atoms with Crippen molar-refractivity contribution in [1.82, 2.24) is 5.32 Å². The van der Waals surface area contributed by atoms with Crippen LogP contribution in [0.2, 0.25) is 0 Å². The first-order valence-electron chi connectivity index (χ1n) is 5.20. The van der Waals surface area contributed by atoms with E-state index in [2.05, 4.69) is 17.2 Å². The van der Waals surface area contributed by atoms with Crippen molar-refractivity contribution < 1.29 is 13.9 Å². The van der Waals surface area contributed by atoms with Gasteiger partial charge in [-0.2, -0.15) is 0 Å². The lowest BCUT2D eigenvalue weighted by Crippen LogP contribution is -2.20. The van der Waals surface area contributed by atoms with E-state index in [1.807, 2.05) is 0 Å². The monoisotopic (exact) mass is 235 g/mol. The first kappa shape index (κ1) is 13.0. The van der Waals surface area contributed by atoms with Crippen LogP contribution in [-0.2, 0) is 4.79 Å². The molecule has 0 aliphatic carbocycles. The lowest BCUT2D eigenvalue weighted by Gasteiger charge is -2.00. The molecule has 90 valence electrons. The number of carbonyl (C=O) groups is 1. The van der Waals surface area contributed by atoms with Crippen molar-refractivity contribution in [3.8, 4) is 17.6 Å². The van der Waals surface area contributed by atoms with Crippen LogP contribution < -0.4 is 10.1 Å². The van der Waals surface area contributed by atoms with Crippen LogP contribution in [0.15, 0.2) is 18.2 Å². The van der Waals surface area contributed by atoms with Gasteiger partial charge in [-0.15, -0.1) is 0 Å². The van der Waals surface area contributed by atoms with E-state index in [9.17, 15) is 9.18 Å². The van der Waals surface area contributed by atoms with Gasteiger partial charge in [-0.1, -0.05) is 11.8 Å². The Morgan fingerprint density at radius 2 is 2.29 bits per heavy atom. The molecule has 0 saturated heterocycles. The van der Waals surface area contributed by atoms with E-state index >= 15 is 0 Å². The van der Waals surface area contributed by atoms with E-state index in [4.69, 9.17) is 4.74 Å². The third-order valence-corrected chi connectivity index (χ3v) is 2.01. The minimum atomic E-state index is -0.429. The van der Waals surface area contributed by atoms with E-state index in [0.717, 1.165) is 0 Å². The lowest BCUT2D eigenvalue weighted by molar-refractivity contribution is -0.118. The molecule has 0 bridgehead atoms. The molecule has 3 nitrogen and oxygen atoms in total. The number of ether oxygens (including phenoxy) is 1. The maximum atomic E-state index is 13.3. The Morgan fingerprint density at radius 3 is 2.88 bits per heavy atom. The molecule has 0 aliphatic heterocycles. The fourth-order valence-corrected chi connectivity index (χ4v) is 1.21. The van der Waals surface area contributed by atoms with Gasteiger partial charge in [-0.3, -0.25) is 4.79 Å². The predicted octanol–water partition coefficient (Wildman–Crippen LogP) is 1.71. The maximum absolute atomic E-state index is 13.3. The molecular weight excluding hydrogens is 221 g/mol. The summed E-state index contributed by atoms with van der Waals surface area (Å²) in [5, 5.41) is 2.63. The largest absolute Gasteiger partial charge is 0.494 e. The molecular formula is C13H14FNO2. The fraction of sp³-hybridized carbons (Fsp3) is 0.308. The standard InChI is InChI=1S/C13H14FNO2/c1-10(16)15-8-4-3-5-11-6-7-13(17-2)12(14)9-11/h6-7,9H,4,8H2,1-2H3,(H,15,16). The molecule has 0 unspecified atom stereocenters. The zero-order chi connectivity index (χ0) is 12.7. The number of halogens is 1. The van der Waals surface area contributed by atoms with Crippen LogP contribution in [0, 0.1) is 17.7 Å². The van der Waals surface area contributed by atoms with E-state index in [1.54, 1.807) is 6.07 Å². The normalized spacial score (nSPS) is 9.12. The summed E-state index contributed by atoms with van der Waals surface area (Å²) in [6.45, 7) is 1.95. The first-order chi connectivity index (χ1) is 8.13. The Labute approximate surface area is 100.0 Å². The summed E-state index contributed by atoms with van der Waals surface area (Å²) in [5.74, 6) is 5.36. The molecule has 1 aromatic rings. The number of amides is 1. The lowest BCUT2D eigenvalue weighted by atomic mass is 10.2. The van der Waals surface area contributed by atoms with Gasteiger partial charge >= 0.3 is 0 Å². The highest BCUT2D eigenvalue weighted by Crippen LogP contribution is 2.16. The van der Waals surface area contributed by atoms with Gasteiger partial charge in [0.25, 0.3) is 0 Å². The average molecular weight is 235 g/mol. The van der Waals surface area contributed by atoms with Crippen molar-refractivity contribution in [3.05, 3.63) is 29.6 Å². The number of hydrogen-bond donors (Lipinski definition) is 1. The Bertz CT molecular complexity index is 460. The second-order valence-corrected chi connectivity index (χ2v) is 3.38. The van der Waals surface area contributed by atoms with Crippen molar-refractivity contribution in [3.63, 3.8) is 0 Å². The Morgan fingerprint density at radius 1 is 1.53 bits per heavy atom. The number of rotatable bonds is 3.